The van der Waals surface area contributed by atoms with Crippen molar-refractivity contribution in [1.82, 2.24) is 0 Å². The van der Waals surface area contributed by atoms with E-state index in [1.807, 2.05) is 0 Å². The summed E-state index contributed by atoms with van der Waals surface area (Å²) in [7, 11) is -3.24. The van der Waals surface area contributed by atoms with Gasteiger partial charge in [-0.25, -0.2) is 4.79 Å². The second-order valence-electron chi connectivity index (χ2n) is 4.97. The van der Waals surface area contributed by atoms with E-state index < -0.39 is 13.6 Å². The van der Waals surface area contributed by atoms with E-state index in [0.29, 0.717) is 11.3 Å². The van der Waals surface area contributed by atoms with Gasteiger partial charge in [-0.1, -0.05) is 35.3 Å². The van der Waals surface area contributed by atoms with Gasteiger partial charge in [0.05, 0.1) is 28.0 Å². The zero-order valence-electron chi connectivity index (χ0n) is 12.8. The number of hydrogen-bond donors (Lipinski definition) is 3. The van der Waals surface area contributed by atoms with E-state index >= 15 is 0 Å². The molecular formula is C16H13Cl2O6P. The Hall–Kier alpha value is -1.82. The normalized spacial score (nSPS) is 12.1. The topological polar surface area (TPSA) is 104 Å². The number of halogens is 2. The molecule has 3 N–H and O–H groups in total. The van der Waals surface area contributed by atoms with Crippen molar-refractivity contribution in [2.24, 2.45) is 0 Å². The molecule has 0 fully saturated rings. The van der Waals surface area contributed by atoms with Crippen molar-refractivity contribution in [2.45, 2.75) is 0 Å². The zero-order valence-corrected chi connectivity index (χ0v) is 15.2. The second kappa shape index (κ2) is 7.60. The number of carbonyl (C=O) groups is 1. The van der Waals surface area contributed by atoms with Crippen molar-refractivity contribution in [3.8, 4) is 5.75 Å². The monoisotopic (exact) mass is 402 g/mol. The van der Waals surface area contributed by atoms with E-state index in [1.165, 1.54) is 13.2 Å². The Morgan fingerprint density at radius 2 is 1.76 bits per heavy atom. The Labute approximate surface area is 153 Å². The van der Waals surface area contributed by atoms with Gasteiger partial charge < -0.3 is 19.6 Å². The molecule has 0 aliphatic carbocycles. The molecule has 132 valence electrons. The highest BCUT2D eigenvalue weighted by atomic mass is 35.5. The van der Waals surface area contributed by atoms with Crippen molar-refractivity contribution >= 4 is 48.2 Å². The van der Waals surface area contributed by atoms with Crippen LogP contribution in [0.1, 0.15) is 21.5 Å². The van der Waals surface area contributed by atoms with E-state index in [-0.39, 0.29) is 26.5 Å². The SMILES string of the molecule is COc1cccc(C=C(c2cc(Cl)c(C(=O)O)c(Cl)c2)P(=O)(O)O)c1. The third-order valence-corrected chi connectivity index (χ3v) is 4.87. The molecule has 0 bridgehead atoms. The highest BCUT2D eigenvalue weighted by molar-refractivity contribution is 7.63. The molecule has 0 aromatic heterocycles. The molecule has 6 nitrogen and oxygen atoms in total. The highest BCUT2D eigenvalue weighted by Gasteiger charge is 2.25. The standard InChI is InChI=1S/C16H13Cl2O6P/c1-24-11-4-2-3-9(5-11)6-14(25(21,22)23)10-7-12(17)15(16(19)20)13(18)8-10/h2-8H,1H3,(H,19,20)(H2,21,22,23). The Balaban J connectivity index is 2.65. The molecule has 2 rings (SSSR count). The maximum Gasteiger partial charge on any atom is 0.356 e. The summed E-state index contributed by atoms with van der Waals surface area (Å²) in [6, 6.07) is 8.88. The van der Waals surface area contributed by atoms with Gasteiger partial charge >= 0.3 is 13.6 Å². The number of methoxy groups -OCH3 is 1. The molecule has 0 spiro atoms. The van der Waals surface area contributed by atoms with Crippen LogP contribution in [-0.2, 0) is 4.57 Å². The first kappa shape index (κ1) is 19.5. The van der Waals surface area contributed by atoms with Crippen LogP contribution in [0.3, 0.4) is 0 Å². The quantitative estimate of drug-likeness (QED) is 0.506. The van der Waals surface area contributed by atoms with Gasteiger partial charge in [-0.3, -0.25) is 4.57 Å². The summed E-state index contributed by atoms with van der Waals surface area (Å²) in [5, 5.41) is 8.29. The first-order valence-corrected chi connectivity index (χ1v) is 9.15. The minimum Gasteiger partial charge on any atom is -0.497 e. The average molecular weight is 403 g/mol. The number of carboxylic acid groups (broad SMARTS) is 1. The number of hydrogen-bond acceptors (Lipinski definition) is 3. The van der Waals surface area contributed by atoms with Gasteiger partial charge in [-0.15, -0.1) is 0 Å². The minimum absolute atomic E-state index is 0.0242. The van der Waals surface area contributed by atoms with E-state index in [1.54, 1.807) is 24.3 Å². The van der Waals surface area contributed by atoms with Crippen LogP contribution >= 0.6 is 30.8 Å². The fraction of sp³-hybridized carbons (Fsp3) is 0.0625. The largest absolute Gasteiger partial charge is 0.497 e. The summed E-state index contributed by atoms with van der Waals surface area (Å²) in [5.74, 6) is -0.827. The van der Waals surface area contributed by atoms with Crippen LogP contribution in [0.25, 0.3) is 11.4 Å². The molecular weight excluding hydrogens is 390 g/mol. The van der Waals surface area contributed by atoms with Crippen molar-refractivity contribution in [3.05, 3.63) is 63.1 Å². The summed E-state index contributed by atoms with van der Waals surface area (Å²) in [5.41, 5.74) is 0.168. The molecule has 0 amide bonds. The molecule has 0 unspecified atom stereocenters. The smallest absolute Gasteiger partial charge is 0.356 e. The first-order chi connectivity index (χ1) is 11.6. The van der Waals surface area contributed by atoms with Crippen molar-refractivity contribution in [2.75, 3.05) is 7.11 Å². The Morgan fingerprint density at radius 3 is 2.24 bits per heavy atom. The van der Waals surface area contributed by atoms with E-state index in [2.05, 4.69) is 0 Å². The van der Waals surface area contributed by atoms with Gasteiger partial charge in [-0.2, -0.15) is 0 Å². The number of ether oxygens (including phenoxy) is 1. The van der Waals surface area contributed by atoms with Crippen molar-refractivity contribution < 1.29 is 29.0 Å². The Morgan fingerprint density at radius 1 is 1.16 bits per heavy atom. The maximum atomic E-state index is 11.9. The van der Waals surface area contributed by atoms with E-state index in [0.717, 1.165) is 12.1 Å². The predicted octanol–water partition coefficient (Wildman–Crippen LogP) is 4.38. The summed E-state index contributed by atoms with van der Waals surface area (Å²) >= 11 is 11.8. The lowest BCUT2D eigenvalue weighted by Crippen LogP contribution is -2.00. The van der Waals surface area contributed by atoms with Crippen LogP contribution in [0.2, 0.25) is 10.0 Å². The lowest BCUT2D eigenvalue weighted by Gasteiger charge is -2.13. The lowest BCUT2D eigenvalue weighted by molar-refractivity contribution is 0.0697. The average Bonchev–Trinajstić information content (AvgIpc) is 2.50. The van der Waals surface area contributed by atoms with Crippen LogP contribution in [0.5, 0.6) is 5.75 Å². The second-order valence-corrected chi connectivity index (χ2v) is 7.35. The Kier molecular flexibility index (Phi) is 5.93. The van der Waals surface area contributed by atoms with Crippen LogP contribution in [-0.4, -0.2) is 28.0 Å². The van der Waals surface area contributed by atoms with Crippen molar-refractivity contribution in [1.29, 1.82) is 0 Å². The molecule has 9 heteroatoms. The summed E-state index contributed by atoms with van der Waals surface area (Å²) in [6.07, 6.45) is 1.27. The van der Waals surface area contributed by atoms with Crippen LogP contribution in [0.15, 0.2) is 36.4 Å². The van der Waals surface area contributed by atoms with Gasteiger partial charge in [0.2, 0.25) is 0 Å². The molecule has 0 aliphatic rings. The summed E-state index contributed by atoms with van der Waals surface area (Å²) in [4.78, 5) is 30.5. The molecule has 2 aromatic carbocycles. The predicted molar refractivity (Wildman–Crippen MR) is 96.3 cm³/mol. The van der Waals surface area contributed by atoms with Crippen molar-refractivity contribution in [3.63, 3.8) is 0 Å². The molecule has 0 saturated heterocycles. The van der Waals surface area contributed by atoms with E-state index in [4.69, 9.17) is 33.0 Å². The van der Waals surface area contributed by atoms with Gasteiger partial charge in [-0.05, 0) is 41.5 Å². The molecule has 25 heavy (non-hydrogen) atoms. The van der Waals surface area contributed by atoms with Gasteiger partial charge in [0.25, 0.3) is 0 Å². The number of benzene rings is 2. The minimum atomic E-state index is -4.71. The maximum absolute atomic E-state index is 11.9. The molecule has 0 aliphatic heterocycles. The van der Waals surface area contributed by atoms with Crippen LogP contribution in [0.4, 0.5) is 0 Å². The summed E-state index contributed by atoms with van der Waals surface area (Å²) in [6.45, 7) is 0. The zero-order chi connectivity index (χ0) is 18.8. The fourth-order valence-corrected chi connectivity index (χ4v) is 3.58. The van der Waals surface area contributed by atoms with Crippen LogP contribution < -0.4 is 4.74 Å². The third kappa shape index (κ3) is 4.63. The van der Waals surface area contributed by atoms with Crippen LogP contribution in [0, 0.1) is 0 Å². The van der Waals surface area contributed by atoms with Gasteiger partial charge in [0.15, 0.2) is 0 Å². The molecule has 0 heterocycles. The highest BCUT2D eigenvalue weighted by Crippen LogP contribution is 2.53. The number of aromatic carboxylic acids is 1. The van der Waals surface area contributed by atoms with Gasteiger partial charge in [0.1, 0.15) is 5.75 Å². The van der Waals surface area contributed by atoms with Gasteiger partial charge in [0, 0.05) is 0 Å². The molecule has 0 saturated carbocycles. The van der Waals surface area contributed by atoms with E-state index in [9.17, 15) is 19.1 Å². The molecule has 0 radical (unpaired) electrons. The first-order valence-electron chi connectivity index (χ1n) is 6.78. The summed E-state index contributed by atoms with van der Waals surface area (Å²) < 4.78 is 17.0. The number of carboxylic acids is 1. The molecule has 0 atom stereocenters. The fourth-order valence-electron chi connectivity index (χ4n) is 2.15. The Bertz CT molecular complexity index is 880. The third-order valence-electron chi connectivity index (χ3n) is 3.26. The molecule has 2 aromatic rings. The lowest BCUT2D eigenvalue weighted by atomic mass is 10.1. The number of rotatable bonds is 5.